The van der Waals surface area contributed by atoms with E-state index in [0.29, 0.717) is 19.0 Å². The second-order valence-corrected chi connectivity index (χ2v) is 7.96. The summed E-state index contributed by atoms with van der Waals surface area (Å²) in [6.45, 7) is 1.11. The molecule has 138 valence electrons. The average molecular weight is 358 g/mol. The van der Waals surface area contributed by atoms with Gasteiger partial charge in [0.15, 0.2) is 0 Å². The fourth-order valence-electron chi connectivity index (χ4n) is 5.09. The molecule has 5 rings (SSSR count). The summed E-state index contributed by atoms with van der Waals surface area (Å²) < 4.78 is 2.28. The summed E-state index contributed by atoms with van der Waals surface area (Å²) in [6, 6.07) is 17.4. The number of carbonyl (C=O) groups excluding carboxylic acids is 1. The number of fused-ring (bicyclic) bond motifs is 5. The first-order chi connectivity index (χ1) is 13.3. The van der Waals surface area contributed by atoms with Gasteiger partial charge in [0.25, 0.3) is 0 Å². The van der Waals surface area contributed by atoms with Gasteiger partial charge in [0.2, 0.25) is 5.91 Å². The van der Waals surface area contributed by atoms with Gasteiger partial charge >= 0.3 is 0 Å². The van der Waals surface area contributed by atoms with Crippen LogP contribution in [-0.4, -0.2) is 17.0 Å². The van der Waals surface area contributed by atoms with Gasteiger partial charge in [-0.15, -0.1) is 0 Å². The van der Waals surface area contributed by atoms with Crippen LogP contribution in [-0.2, 0) is 17.8 Å². The highest BCUT2D eigenvalue weighted by Crippen LogP contribution is 2.44. The molecule has 0 spiro atoms. The minimum absolute atomic E-state index is 0.111. The zero-order valence-corrected chi connectivity index (χ0v) is 15.7. The van der Waals surface area contributed by atoms with Gasteiger partial charge in [0.05, 0.1) is 5.69 Å². The van der Waals surface area contributed by atoms with Crippen molar-refractivity contribution in [3.63, 3.8) is 0 Å². The highest BCUT2D eigenvalue weighted by molar-refractivity contribution is 5.94. The Balaban J connectivity index is 1.84. The molecule has 0 atom stereocenters. The molecule has 2 heterocycles. The second-order valence-electron chi connectivity index (χ2n) is 7.96. The van der Waals surface area contributed by atoms with Crippen molar-refractivity contribution in [3.05, 3.63) is 59.7 Å². The largest absolute Gasteiger partial charge is 0.354 e. The van der Waals surface area contributed by atoms with Crippen LogP contribution in [0.3, 0.4) is 0 Å². The molecule has 3 heteroatoms. The molecule has 27 heavy (non-hydrogen) atoms. The van der Waals surface area contributed by atoms with Gasteiger partial charge in [0, 0.05) is 23.0 Å². The molecular weight excluding hydrogens is 332 g/mol. The predicted molar refractivity (Wildman–Crippen MR) is 110 cm³/mol. The van der Waals surface area contributed by atoms with Crippen LogP contribution in [0.5, 0.6) is 0 Å². The van der Waals surface area contributed by atoms with E-state index in [1.807, 2.05) is 0 Å². The molecule has 0 saturated heterocycles. The predicted octanol–water partition coefficient (Wildman–Crippen LogP) is 5.03. The van der Waals surface area contributed by atoms with Crippen LogP contribution in [0.4, 0.5) is 0 Å². The lowest BCUT2D eigenvalue weighted by Crippen LogP contribution is -2.28. The average Bonchev–Trinajstić information content (AvgIpc) is 3.05. The molecule has 3 nitrogen and oxygen atoms in total. The quantitative estimate of drug-likeness (QED) is 0.650. The maximum absolute atomic E-state index is 12.6. The lowest BCUT2D eigenvalue weighted by molar-refractivity contribution is -0.121. The molecule has 2 aliphatic rings. The monoisotopic (exact) mass is 358 g/mol. The van der Waals surface area contributed by atoms with Crippen molar-refractivity contribution in [2.75, 3.05) is 6.54 Å². The van der Waals surface area contributed by atoms with Crippen LogP contribution in [0.1, 0.15) is 49.1 Å². The van der Waals surface area contributed by atoms with Gasteiger partial charge in [-0.3, -0.25) is 4.79 Å². The number of hydrogen-bond donors (Lipinski definition) is 1. The number of aromatic nitrogens is 1. The number of benzene rings is 2. The Kier molecular flexibility index (Phi) is 4.23. The van der Waals surface area contributed by atoms with Gasteiger partial charge in [-0.25, -0.2) is 0 Å². The maximum atomic E-state index is 12.6. The van der Waals surface area contributed by atoms with E-state index >= 15 is 0 Å². The van der Waals surface area contributed by atoms with E-state index in [4.69, 9.17) is 0 Å². The Bertz CT molecular complexity index is 995. The second kappa shape index (κ2) is 6.88. The van der Waals surface area contributed by atoms with Crippen LogP contribution in [0.25, 0.3) is 22.2 Å². The van der Waals surface area contributed by atoms with Crippen molar-refractivity contribution >= 4 is 16.8 Å². The van der Waals surface area contributed by atoms with Gasteiger partial charge in [-0.05, 0) is 42.4 Å². The Morgan fingerprint density at radius 3 is 2.59 bits per heavy atom. The summed E-state index contributed by atoms with van der Waals surface area (Å²) in [6.07, 6.45) is 7.37. The topological polar surface area (TPSA) is 34.0 Å². The van der Waals surface area contributed by atoms with Crippen molar-refractivity contribution < 1.29 is 4.79 Å². The molecule has 0 radical (unpaired) electrons. The zero-order chi connectivity index (χ0) is 18.2. The SMILES string of the molecule is O=C1Cn2c(c(C3CCCCC3)c3ccccc32)-c2ccccc2CCN1. The fourth-order valence-corrected chi connectivity index (χ4v) is 5.09. The number of nitrogens with zero attached hydrogens (tertiary/aromatic N) is 1. The molecule has 1 amide bonds. The number of amides is 1. The minimum atomic E-state index is 0.111. The summed E-state index contributed by atoms with van der Waals surface area (Å²) in [5, 5.41) is 4.44. The van der Waals surface area contributed by atoms with Gasteiger partial charge in [-0.2, -0.15) is 0 Å². The smallest absolute Gasteiger partial charge is 0.239 e. The third kappa shape index (κ3) is 2.86. The van der Waals surface area contributed by atoms with E-state index in [1.54, 1.807) is 0 Å². The molecule has 1 saturated carbocycles. The summed E-state index contributed by atoms with van der Waals surface area (Å²) >= 11 is 0. The highest BCUT2D eigenvalue weighted by atomic mass is 16.1. The van der Waals surface area contributed by atoms with E-state index in [2.05, 4.69) is 58.4 Å². The van der Waals surface area contributed by atoms with Gasteiger partial charge < -0.3 is 9.88 Å². The van der Waals surface area contributed by atoms with Gasteiger partial charge in [0.1, 0.15) is 6.54 Å². The van der Waals surface area contributed by atoms with E-state index < -0.39 is 0 Å². The summed E-state index contributed by atoms with van der Waals surface area (Å²) in [4.78, 5) is 12.6. The Hall–Kier alpha value is -2.55. The molecule has 3 aromatic rings. The molecule has 0 bridgehead atoms. The lowest BCUT2D eigenvalue weighted by atomic mass is 9.81. The minimum Gasteiger partial charge on any atom is -0.354 e. The summed E-state index contributed by atoms with van der Waals surface area (Å²) in [7, 11) is 0. The molecule has 1 N–H and O–H groups in total. The van der Waals surface area contributed by atoms with Crippen molar-refractivity contribution in [1.82, 2.24) is 9.88 Å². The Morgan fingerprint density at radius 1 is 0.926 bits per heavy atom. The zero-order valence-electron chi connectivity index (χ0n) is 15.7. The fraction of sp³-hybridized carbons (Fsp3) is 0.375. The number of para-hydroxylation sites is 1. The first kappa shape index (κ1) is 16.6. The molecule has 1 aromatic heterocycles. The highest BCUT2D eigenvalue weighted by Gasteiger charge is 2.28. The van der Waals surface area contributed by atoms with E-state index in [9.17, 15) is 4.79 Å². The van der Waals surface area contributed by atoms with Crippen LogP contribution in [0.15, 0.2) is 48.5 Å². The van der Waals surface area contributed by atoms with Crippen molar-refractivity contribution in [2.45, 2.75) is 51.0 Å². The van der Waals surface area contributed by atoms with Gasteiger partial charge in [-0.1, -0.05) is 61.7 Å². The third-order valence-corrected chi connectivity index (χ3v) is 6.31. The summed E-state index contributed by atoms with van der Waals surface area (Å²) in [5.41, 5.74) is 6.61. The van der Waals surface area contributed by atoms with E-state index in [1.165, 1.54) is 65.4 Å². The van der Waals surface area contributed by atoms with Crippen molar-refractivity contribution in [1.29, 1.82) is 0 Å². The Labute approximate surface area is 160 Å². The maximum Gasteiger partial charge on any atom is 0.239 e. The number of nitrogens with one attached hydrogen (secondary N) is 1. The van der Waals surface area contributed by atoms with Crippen LogP contribution < -0.4 is 5.32 Å². The first-order valence-corrected chi connectivity index (χ1v) is 10.3. The van der Waals surface area contributed by atoms with Crippen LogP contribution in [0.2, 0.25) is 0 Å². The molecular formula is C24H26N2O. The Morgan fingerprint density at radius 2 is 1.70 bits per heavy atom. The number of hydrogen-bond acceptors (Lipinski definition) is 1. The van der Waals surface area contributed by atoms with Crippen molar-refractivity contribution in [3.8, 4) is 11.3 Å². The number of rotatable bonds is 1. The first-order valence-electron chi connectivity index (χ1n) is 10.3. The van der Waals surface area contributed by atoms with Crippen molar-refractivity contribution in [2.24, 2.45) is 0 Å². The molecule has 1 aliphatic carbocycles. The molecule has 2 aromatic carbocycles. The van der Waals surface area contributed by atoms with E-state index in [-0.39, 0.29) is 5.91 Å². The van der Waals surface area contributed by atoms with Crippen LogP contribution >= 0.6 is 0 Å². The standard InChI is InChI=1S/C24H26N2O/c27-22-16-26-21-13-7-6-12-20(21)23(18-9-2-1-3-10-18)24(26)19-11-5-4-8-17(19)14-15-25-22/h4-8,11-13,18H,1-3,9-10,14-16H2,(H,25,27). The molecule has 1 aliphatic heterocycles. The van der Waals surface area contributed by atoms with E-state index in [0.717, 1.165) is 6.42 Å². The summed E-state index contributed by atoms with van der Waals surface area (Å²) in [5.74, 6) is 0.705. The lowest BCUT2D eigenvalue weighted by Gasteiger charge is -2.24. The molecule has 1 fully saturated rings. The normalized spacial score (nSPS) is 18.1. The van der Waals surface area contributed by atoms with Crippen LogP contribution in [0, 0.1) is 0 Å². The number of carbonyl (C=O) groups is 1. The third-order valence-electron chi connectivity index (χ3n) is 6.31. The molecule has 0 unspecified atom stereocenters.